The molecule has 0 saturated carbocycles. The Bertz CT molecular complexity index is 283. The highest BCUT2D eigenvalue weighted by atomic mass is 16.5. The highest BCUT2D eigenvalue weighted by Gasteiger charge is 2.34. The Balaban J connectivity index is 2.52. The van der Waals surface area contributed by atoms with Gasteiger partial charge in [-0.1, -0.05) is 25.5 Å². The van der Waals surface area contributed by atoms with E-state index in [0.717, 1.165) is 12.8 Å². The predicted octanol–water partition coefficient (Wildman–Crippen LogP) is 2.00. The molecule has 0 saturated heterocycles. The van der Waals surface area contributed by atoms with Crippen molar-refractivity contribution in [1.29, 1.82) is 0 Å². The number of hydrogen-bond donors (Lipinski definition) is 1. The van der Waals surface area contributed by atoms with Gasteiger partial charge in [-0.05, 0) is 19.3 Å². The molecule has 16 heavy (non-hydrogen) atoms. The van der Waals surface area contributed by atoms with Gasteiger partial charge in [0, 0.05) is 0 Å². The number of carbonyl (C=O) groups excluding carboxylic acids is 1. The minimum Gasteiger partial charge on any atom is -0.481 e. The van der Waals surface area contributed by atoms with Crippen LogP contribution in [0.25, 0.3) is 0 Å². The van der Waals surface area contributed by atoms with Crippen molar-refractivity contribution in [2.75, 3.05) is 6.61 Å². The molecule has 1 rings (SSSR count). The first-order valence-electron chi connectivity index (χ1n) is 5.71. The zero-order valence-corrected chi connectivity index (χ0v) is 9.52. The van der Waals surface area contributed by atoms with Crippen LogP contribution in [-0.2, 0) is 14.3 Å². The second kappa shape index (κ2) is 6.30. The number of hydrogen-bond acceptors (Lipinski definition) is 3. The predicted molar refractivity (Wildman–Crippen MR) is 58.9 cm³/mol. The molecule has 0 aliphatic heterocycles. The largest absolute Gasteiger partial charge is 0.481 e. The van der Waals surface area contributed by atoms with Crippen molar-refractivity contribution in [2.24, 2.45) is 11.8 Å². The van der Waals surface area contributed by atoms with Crippen LogP contribution in [-0.4, -0.2) is 23.7 Å². The fraction of sp³-hybridized carbons (Fsp3) is 0.667. The average Bonchev–Trinajstić information content (AvgIpc) is 2.29. The molecule has 0 unspecified atom stereocenters. The highest BCUT2D eigenvalue weighted by Crippen LogP contribution is 2.27. The van der Waals surface area contributed by atoms with Crippen molar-refractivity contribution < 1.29 is 19.4 Å². The summed E-state index contributed by atoms with van der Waals surface area (Å²) >= 11 is 0. The fourth-order valence-electron chi connectivity index (χ4n) is 1.77. The van der Waals surface area contributed by atoms with Crippen LogP contribution in [0.3, 0.4) is 0 Å². The number of rotatable bonds is 5. The summed E-state index contributed by atoms with van der Waals surface area (Å²) < 4.78 is 5.07. The zero-order valence-electron chi connectivity index (χ0n) is 9.52. The number of carbonyl (C=O) groups is 2. The second-order valence-corrected chi connectivity index (χ2v) is 4.02. The Morgan fingerprint density at radius 1 is 1.31 bits per heavy atom. The van der Waals surface area contributed by atoms with Crippen molar-refractivity contribution in [3.05, 3.63) is 12.2 Å². The first-order chi connectivity index (χ1) is 7.66. The number of aliphatic carboxylic acids is 1. The van der Waals surface area contributed by atoms with Gasteiger partial charge in [0.2, 0.25) is 0 Å². The average molecular weight is 226 g/mol. The Kier molecular flexibility index (Phi) is 5.02. The van der Waals surface area contributed by atoms with Crippen molar-refractivity contribution in [1.82, 2.24) is 0 Å². The van der Waals surface area contributed by atoms with Crippen LogP contribution in [0.4, 0.5) is 0 Å². The maximum atomic E-state index is 11.7. The van der Waals surface area contributed by atoms with Gasteiger partial charge in [0.1, 0.15) is 0 Å². The molecule has 1 N–H and O–H groups in total. The molecule has 0 radical (unpaired) electrons. The van der Waals surface area contributed by atoms with Gasteiger partial charge < -0.3 is 9.84 Å². The molecule has 0 aromatic rings. The fourth-order valence-corrected chi connectivity index (χ4v) is 1.77. The van der Waals surface area contributed by atoms with Gasteiger partial charge >= 0.3 is 11.9 Å². The second-order valence-electron chi connectivity index (χ2n) is 4.02. The SMILES string of the molecule is CCCCOC(=O)[C@H]1CC=CC[C@@H]1C(=O)O. The zero-order chi connectivity index (χ0) is 12.0. The van der Waals surface area contributed by atoms with E-state index < -0.39 is 17.8 Å². The molecule has 2 atom stereocenters. The lowest BCUT2D eigenvalue weighted by molar-refractivity contribution is -0.158. The van der Waals surface area contributed by atoms with E-state index in [0.29, 0.717) is 19.4 Å². The normalized spacial score (nSPS) is 24.1. The summed E-state index contributed by atoms with van der Waals surface area (Å²) in [7, 11) is 0. The van der Waals surface area contributed by atoms with Crippen LogP contribution in [0.2, 0.25) is 0 Å². The van der Waals surface area contributed by atoms with E-state index in [1.807, 2.05) is 19.1 Å². The van der Waals surface area contributed by atoms with Crippen molar-refractivity contribution in [3.63, 3.8) is 0 Å². The first kappa shape index (κ1) is 12.7. The topological polar surface area (TPSA) is 63.6 Å². The smallest absolute Gasteiger partial charge is 0.310 e. The maximum absolute atomic E-state index is 11.7. The Morgan fingerprint density at radius 3 is 2.50 bits per heavy atom. The molecular formula is C12H18O4. The number of allylic oxidation sites excluding steroid dienone is 2. The molecule has 4 heteroatoms. The van der Waals surface area contributed by atoms with E-state index in [1.165, 1.54) is 0 Å². The number of carboxylic acid groups (broad SMARTS) is 1. The van der Waals surface area contributed by atoms with Crippen molar-refractivity contribution >= 4 is 11.9 Å². The lowest BCUT2D eigenvalue weighted by Crippen LogP contribution is -2.32. The number of esters is 1. The van der Waals surface area contributed by atoms with Crippen molar-refractivity contribution in [3.8, 4) is 0 Å². The molecule has 90 valence electrons. The number of unbranched alkanes of at least 4 members (excludes halogenated alkanes) is 1. The van der Waals surface area contributed by atoms with E-state index in [4.69, 9.17) is 9.84 Å². The van der Waals surface area contributed by atoms with Crippen molar-refractivity contribution in [2.45, 2.75) is 32.6 Å². The molecule has 1 aliphatic rings. The number of carboxylic acids is 1. The summed E-state index contributed by atoms with van der Waals surface area (Å²) in [6, 6.07) is 0. The Labute approximate surface area is 95.3 Å². The highest BCUT2D eigenvalue weighted by molar-refractivity contribution is 5.81. The van der Waals surface area contributed by atoms with E-state index in [2.05, 4.69) is 0 Å². The third kappa shape index (κ3) is 3.36. The van der Waals surface area contributed by atoms with Gasteiger partial charge in [-0.25, -0.2) is 0 Å². The quantitative estimate of drug-likeness (QED) is 0.442. The Hall–Kier alpha value is -1.32. The molecule has 0 fully saturated rings. The first-order valence-corrected chi connectivity index (χ1v) is 5.71. The Morgan fingerprint density at radius 2 is 1.94 bits per heavy atom. The maximum Gasteiger partial charge on any atom is 0.310 e. The summed E-state index contributed by atoms with van der Waals surface area (Å²) in [5.41, 5.74) is 0. The molecule has 0 aromatic carbocycles. The van der Waals surface area contributed by atoms with E-state index in [-0.39, 0.29) is 5.97 Å². The van der Waals surface area contributed by atoms with Gasteiger partial charge in [0.15, 0.2) is 0 Å². The third-order valence-corrected chi connectivity index (χ3v) is 2.79. The minimum absolute atomic E-state index is 0.370. The van der Waals surface area contributed by atoms with Gasteiger partial charge in [-0.3, -0.25) is 9.59 Å². The molecule has 0 bridgehead atoms. The van der Waals surface area contributed by atoms with E-state index in [9.17, 15) is 9.59 Å². The molecular weight excluding hydrogens is 208 g/mol. The van der Waals surface area contributed by atoms with Gasteiger partial charge in [0.05, 0.1) is 18.4 Å². The van der Waals surface area contributed by atoms with Crippen LogP contribution in [0.1, 0.15) is 32.6 Å². The number of ether oxygens (including phenoxy) is 1. The summed E-state index contributed by atoms with van der Waals surface area (Å²) in [6.45, 7) is 2.40. The standard InChI is InChI=1S/C12H18O4/c1-2-3-8-16-12(15)10-7-5-4-6-9(10)11(13)14/h4-5,9-10H,2-3,6-8H2,1H3,(H,13,14)/t9-,10-/m0/s1. The molecule has 4 nitrogen and oxygen atoms in total. The van der Waals surface area contributed by atoms with E-state index >= 15 is 0 Å². The third-order valence-electron chi connectivity index (χ3n) is 2.79. The lowest BCUT2D eigenvalue weighted by atomic mass is 9.83. The van der Waals surface area contributed by atoms with Gasteiger partial charge in [0.25, 0.3) is 0 Å². The van der Waals surface area contributed by atoms with Crippen LogP contribution in [0.15, 0.2) is 12.2 Å². The summed E-state index contributed by atoms with van der Waals surface area (Å²) in [5.74, 6) is -2.43. The molecule has 0 amide bonds. The van der Waals surface area contributed by atoms with E-state index in [1.54, 1.807) is 0 Å². The lowest BCUT2D eigenvalue weighted by Gasteiger charge is -2.23. The van der Waals surface area contributed by atoms with Crippen LogP contribution in [0.5, 0.6) is 0 Å². The summed E-state index contributed by atoms with van der Waals surface area (Å²) in [4.78, 5) is 22.6. The molecule has 1 aliphatic carbocycles. The van der Waals surface area contributed by atoms with Crippen LogP contribution >= 0.6 is 0 Å². The minimum atomic E-state index is -0.915. The van der Waals surface area contributed by atoms with Crippen LogP contribution < -0.4 is 0 Å². The summed E-state index contributed by atoms with van der Waals surface area (Å²) in [6.07, 6.45) is 6.34. The molecule has 0 spiro atoms. The monoisotopic (exact) mass is 226 g/mol. The molecule has 0 heterocycles. The van der Waals surface area contributed by atoms with Crippen LogP contribution in [0, 0.1) is 11.8 Å². The van der Waals surface area contributed by atoms with Gasteiger partial charge in [-0.15, -0.1) is 0 Å². The van der Waals surface area contributed by atoms with Gasteiger partial charge in [-0.2, -0.15) is 0 Å². The molecule has 0 aromatic heterocycles. The summed E-state index contributed by atoms with van der Waals surface area (Å²) in [5, 5.41) is 8.99.